The lowest BCUT2D eigenvalue weighted by atomic mass is 10.0. The van der Waals surface area contributed by atoms with Crippen LogP contribution >= 0.6 is 0 Å². The number of aliphatic hydroxyl groups is 1. The van der Waals surface area contributed by atoms with Gasteiger partial charge in [0.15, 0.2) is 0 Å². The summed E-state index contributed by atoms with van der Waals surface area (Å²) in [4.78, 5) is 12.1. The van der Waals surface area contributed by atoms with Crippen molar-refractivity contribution >= 4 is 16.2 Å². The van der Waals surface area contributed by atoms with Crippen LogP contribution in [0.5, 0.6) is 0 Å². The monoisotopic (exact) mass is 393 g/mol. The first kappa shape index (κ1) is 20.9. The molecule has 0 aliphatic heterocycles. The summed E-state index contributed by atoms with van der Waals surface area (Å²) >= 11 is 0. The highest BCUT2D eigenvalue weighted by atomic mass is 32.2. The molecule has 0 fully saturated rings. The van der Waals surface area contributed by atoms with Crippen LogP contribution in [0.3, 0.4) is 0 Å². The number of aliphatic hydroxyl groups excluding tert-OH is 1. The second kappa shape index (κ2) is 10.1. The molecule has 2 atom stereocenters. The highest BCUT2D eigenvalue weighted by molar-refractivity contribution is 7.85. The van der Waals surface area contributed by atoms with Gasteiger partial charge in [-0.1, -0.05) is 60.7 Å². The maximum Gasteiger partial charge on any atom is 0.407 e. The molecule has 0 radical (unpaired) electrons. The predicted molar refractivity (Wildman–Crippen MR) is 100 cm³/mol. The first-order valence-corrected chi connectivity index (χ1v) is 10.2. The molecule has 27 heavy (non-hydrogen) atoms. The average molecular weight is 393 g/mol. The molecule has 0 aliphatic carbocycles. The van der Waals surface area contributed by atoms with Crippen LogP contribution in [-0.2, 0) is 32.1 Å². The van der Waals surface area contributed by atoms with Crippen molar-refractivity contribution in [2.24, 2.45) is 0 Å². The Hall–Kier alpha value is -2.42. The van der Waals surface area contributed by atoms with Crippen molar-refractivity contribution < 1.29 is 27.2 Å². The average Bonchev–Trinajstić information content (AvgIpc) is 2.65. The van der Waals surface area contributed by atoms with Crippen LogP contribution in [0.25, 0.3) is 0 Å². The van der Waals surface area contributed by atoms with E-state index >= 15 is 0 Å². The fraction of sp³-hybridized carbons (Fsp3) is 0.316. The Morgan fingerprint density at radius 2 is 1.59 bits per heavy atom. The highest BCUT2D eigenvalue weighted by Crippen LogP contribution is 2.09. The number of nitrogens with one attached hydrogen (secondary N) is 1. The first-order valence-electron chi connectivity index (χ1n) is 8.37. The molecule has 2 N–H and O–H groups in total. The Bertz CT molecular complexity index is 811. The highest BCUT2D eigenvalue weighted by Gasteiger charge is 2.24. The molecule has 0 saturated carbocycles. The van der Waals surface area contributed by atoms with E-state index in [1.165, 1.54) is 0 Å². The molecule has 0 aromatic heterocycles. The third-order valence-electron chi connectivity index (χ3n) is 3.73. The Morgan fingerprint density at radius 3 is 2.15 bits per heavy atom. The number of carbonyl (C=O) groups excluding carboxylic acids is 1. The Morgan fingerprint density at radius 1 is 1.04 bits per heavy atom. The Kier molecular flexibility index (Phi) is 7.78. The SMILES string of the molecule is CS(=O)(=O)OC[C@H](O)[C@H](Cc1ccccc1)NC(=O)OCc1ccccc1. The molecule has 0 heterocycles. The number of carbonyl (C=O) groups is 1. The van der Waals surface area contributed by atoms with Gasteiger partial charge in [-0.3, -0.25) is 4.18 Å². The van der Waals surface area contributed by atoms with E-state index in [1.54, 1.807) is 0 Å². The summed E-state index contributed by atoms with van der Waals surface area (Å²) in [5.41, 5.74) is 1.69. The van der Waals surface area contributed by atoms with Crippen LogP contribution in [0.4, 0.5) is 4.79 Å². The number of hydrogen-bond acceptors (Lipinski definition) is 6. The second-order valence-corrected chi connectivity index (χ2v) is 7.70. The van der Waals surface area contributed by atoms with Crippen LogP contribution in [0.15, 0.2) is 60.7 Å². The smallest absolute Gasteiger partial charge is 0.407 e. The van der Waals surface area contributed by atoms with Gasteiger partial charge in [-0.25, -0.2) is 4.79 Å². The van der Waals surface area contributed by atoms with E-state index in [1.807, 2.05) is 60.7 Å². The van der Waals surface area contributed by atoms with E-state index in [0.29, 0.717) is 0 Å². The van der Waals surface area contributed by atoms with Gasteiger partial charge >= 0.3 is 6.09 Å². The van der Waals surface area contributed by atoms with Crippen molar-refractivity contribution in [3.8, 4) is 0 Å². The fourth-order valence-corrected chi connectivity index (χ4v) is 2.76. The van der Waals surface area contributed by atoms with Gasteiger partial charge in [-0.15, -0.1) is 0 Å². The third kappa shape index (κ3) is 8.21. The minimum absolute atomic E-state index is 0.0840. The normalized spacial score (nSPS) is 13.6. The Labute approximate surface area is 159 Å². The summed E-state index contributed by atoms with van der Waals surface area (Å²) in [6.45, 7) is -0.379. The number of amides is 1. The number of ether oxygens (including phenoxy) is 1. The lowest BCUT2D eigenvalue weighted by Crippen LogP contribution is -2.47. The summed E-state index contributed by atoms with van der Waals surface area (Å²) < 4.78 is 32.1. The standard InChI is InChI=1S/C19H23NO6S/c1-27(23,24)26-14-18(21)17(12-15-8-4-2-5-9-15)20-19(22)25-13-16-10-6-3-7-11-16/h2-11,17-18,21H,12-14H2,1H3,(H,20,22)/t17-,18-/m0/s1. The maximum atomic E-state index is 12.1. The first-order chi connectivity index (χ1) is 12.8. The van der Waals surface area contributed by atoms with Gasteiger partial charge < -0.3 is 15.2 Å². The summed E-state index contributed by atoms with van der Waals surface area (Å²) in [6.07, 6.45) is -0.759. The van der Waals surface area contributed by atoms with Gasteiger partial charge in [0.05, 0.1) is 25.0 Å². The maximum absolute atomic E-state index is 12.1. The summed E-state index contributed by atoms with van der Waals surface area (Å²) in [5.74, 6) is 0. The zero-order valence-corrected chi connectivity index (χ0v) is 15.8. The van der Waals surface area contributed by atoms with E-state index in [4.69, 9.17) is 4.74 Å². The minimum atomic E-state index is -3.70. The van der Waals surface area contributed by atoms with E-state index in [0.717, 1.165) is 17.4 Å². The number of alkyl carbamates (subject to hydrolysis) is 1. The van der Waals surface area contributed by atoms with E-state index < -0.39 is 35.0 Å². The summed E-state index contributed by atoms with van der Waals surface area (Å²) in [6, 6.07) is 17.6. The minimum Gasteiger partial charge on any atom is -0.445 e. The van der Waals surface area contributed by atoms with Gasteiger partial charge in [0.25, 0.3) is 10.1 Å². The molecule has 0 saturated heterocycles. The van der Waals surface area contributed by atoms with Gasteiger partial charge in [0, 0.05) is 0 Å². The van der Waals surface area contributed by atoms with Crippen molar-refractivity contribution in [3.63, 3.8) is 0 Å². The zero-order valence-electron chi connectivity index (χ0n) is 14.9. The quantitative estimate of drug-likeness (QED) is 0.631. The molecule has 7 nitrogen and oxygen atoms in total. The van der Waals surface area contributed by atoms with Gasteiger partial charge in [-0.2, -0.15) is 8.42 Å². The lowest BCUT2D eigenvalue weighted by Gasteiger charge is -2.23. The third-order valence-corrected chi connectivity index (χ3v) is 4.30. The molecule has 146 valence electrons. The molecular weight excluding hydrogens is 370 g/mol. The number of benzene rings is 2. The van der Waals surface area contributed by atoms with E-state index in [2.05, 4.69) is 9.50 Å². The second-order valence-electron chi connectivity index (χ2n) is 6.06. The van der Waals surface area contributed by atoms with Crippen molar-refractivity contribution in [1.82, 2.24) is 5.32 Å². The molecule has 1 amide bonds. The van der Waals surface area contributed by atoms with Gasteiger partial charge in [0.1, 0.15) is 6.61 Å². The molecule has 0 unspecified atom stereocenters. The molecule has 0 spiro atoms. The van der Waals surface area contributed by atoms with Gasteiger partial charge in [0.2, 0.25) is 0 Å². The molecular formula is C19H23NO6S. The summed E-state index contributed by atoms with van der Waals surface area (Å²) in [5, 5.41) is 12.9. The van der Waals surface area contributed by atoms with Crippen molar-refractivity contribution in [2.45, 2.75) is 25.2 Å². The topological polar surface area (TPSA) is 102 Å². The van der Waals surface area contributed by atoms with E-state index in [9.17, 15) is 18.3 Å². The lowest BCUT2D eigenvalue weighted by molar-refractivity contribution is 0.0685. The molecule has 2 aromatic carbocycles. The molecule has 2 aromatic rings. The fourth-order valence-electron chi connectivity index (χ4n) is 2.38. The zero-order chi connectivity index (χ0) is 19.7. The molecule has 2 rings (SSSR count). The molecule has 0 aliphatic rings. The molecule has 0 bridgehead atoms. The van der Waals surface area contributed by atoms with Gasteiger partial charge in [-0.05, 0) is 17.5 Å². The largest absolute Gasteiger partial charge is 0.445 e. The van der Waals surface area contributed by atoms with E-state index in [-0.39, 0.29) is 13.0 Å². The van der Waals surface area contributed by atoms with Crippen LogP contribution in [0.1, 0.15) is 11.1 Å². The Balaban J connectivity index is 1.98. The molecule has 8 heteroatoms. The van der Waals surface area contributed by atoms with Crippen LogP contribution < -0.4 is 5.32 Å². The van der Waals surface area contributed by atoms with Crippen molar-refractivity contribution in [3.05, 3.63) is 71.8 Å². The van der Waals surface area contributed by atoms with Crippen LogP contribution in [-0.4, -0.2) is 44.6 Å². The van der Waals surface area contributed by atoms with Crippen molar-refractivity contribution in [1.29, 1.82) is 0 Å². The van der Waals surface area contributed by atoms with Crippen LogP contribution in [0.2, 0.25) is 0 Å². The summed E-state index contributed by atoms with van der Waals surface area (Å²) in [7, 11) is -3.70. The predicted octanol–water partition coefficient (Wildman–Crippen LogP) is 1.86. The van der Waals surface area contributed by atoms with Crippen LogP contribution in [0, 0.1) is 0 Å². The van der Waals surface area contributed by atoms with Crippen molar-refractivity contribution in [2.75, 3.05) is 12.9 Å². The number of hydrogen-bond donors (Lipinski definition) is 2. The number of rotatable bonds is 9.